The molecule has 1 fully saturated rings. The maximum Gasteiger partial charge on any atom is 0.226 e. The molecule has 0 aromatic heterocycles. The number of carbonyl (C=O) groups is 1. The van der Waals surface area contributed by atoms with Gasteiger partial charge in [-0.2, -0.15) is 0 Å². The van der Waals surface area contributed by atoms with Crippen LogP contribution in [0.3, 0.4) is 0 Å². The number of rotatable bonds is 7. The van der Waals surface area contributed by atoms with Crippen molar-refractivity contribution >= 4 is 5.91 Å². The fraction of sp³-hybridized carbons (Fsp3) is 0.917. The van der Waals surface area contributed by atoms with E-state index in [1.165, 1.54) is 0 Å². The zero-order valence-electron chi connectivity index (χ0n) is 10.6. The van der Waals surface area contributed by atoms with Gasteiger partial charge in [-0.3, -0.25) is 4.79 Å². The summed E-state index contributed by atoms with van der Waals surface area (Å²) in [7, 11) is 0. The summed E-state index contributed by atoms with van der Waals surface area (Å²) >= 11 is 0. The van der Waals surface area contributed by atoms with Gasteiger partial charge >= 0.3 is 0 Å². The van der Waals surface area contributed by atoms with Crippen molar-refractivity contribution in [1.29, 1.82) is 0 Å². The first-order valence-corrected chi connectivity index (χ1v) is 6.26. The van der Waals surface area contributed by atoms with Gasteiger partial charge in [0.15, 0.2) is 0 Å². The van der Waals surface area contributed by atoms with Crippen molar-refractivity contribution in [3.63, 3.8) is 0 Å². The molecule has 0 radical (unpaired) electrons. The van der Waals surface area contributed by atoms with Crippen LogP contribution in [0.1, 0.15) is 40.0 Å². The van der Waals surface area contributed by atoms with E-state index >= 15 is 0 Å². The van der Waals surface area contributed by atoms with Gasteiger partial charge in [0.25, 0.3) is 0 Å². The van der Waals surface area contributed by atoms with Gasteiger partial charge in [-0.1, -0.05) is 13.8 Å². The van der Waals surface area contributed by atoms with Crippen LogP contribution in [0.25, 0.3) is 0 Å². The Bertz CT molecular complexity index is 231. The van der Waals surface area contributed by atoms with Crippen molar-refractivity contribution in [2.75, 3.05) is 13.2 Å². The fourth-order valence-corrected chi connectivity index (χ4v) is 1.97. The number of hydrogen-bond donors (Lipinski definition) is 2. The van der Waals surface area contributed by atoms with Crippen LogP contribution in [0.5, 0.6) is 0 Å². The third-order valence-corrected chi connectivity index (χ3v) is 3.58. The molecule has 3 N–H and O–H groups in total. The lowest BCUT2D eigenvalue weighted by molar-refractivity contribution is -0.125. The van der Waals surface area contributed by atoms with E-state index in [4.69, 9.17) is 10.5 Å². The lowest BCUT2D eigenvalue weighted by Gasteiger charge is -2.31. The molecule has 0 saturated heterocycles. The SMILES string of the molecule is CCOC1CC1C(=O)NC(CC)(CC)CN. The second-order valence-corrected chi connectivity index (χ2v) is 4.52. The zero-order valence-corrected chi connectivity index (χ0v) is 10.6. The second kappa shape index (κ2) is 5.64. The number of nitrogens with one attached hydrogen (secondary N) is 1. The second-order valence-electron chi connectivity index (χ2n) is 4.52. The Morgan fingerprint density at radius 1 is 1.44 bits per heavy atom. The molecule has 4 heteroatoms. The summed E-state index contributed by atoms with van der Waals surface area (Å²) < 4.78 is 5.41. The van der Waals surface area contributed by atoms with Crippen LogP contribution in [-0.2, 0) is 9.53 Å². The van der Waals surface area contributed by atoms with Gasteiger partial charge in [-0.25, -0.2) is 0 Å². The molecule has 1 aliphatic rings. The van der Waals surface area contributed by atoms with E-state index in [0.29, 0.717) is 13.2 Å². The van der Waals surface area contributed by atoms with Crippen molar-refractivity contribution < 1.29 is 9.53 Å². The minimum atomic E-state index is -0.226. The minimum Gasteiger partial charge on any atom is -0.378 e. The normalized spacial score (nSPS) is 24.2. The van der Waals surface area contributed by atoms with Gasteiger partial charge in [0, 0.05) is 13.2 Å². The van der Waals surface area contributed by atoms with Crippen LogP contribution in [0.15, 0.2) is 0 Å². The third kappa shape index (κ3) is 2.95. The Balaban J connectivity index is 2.44. The predicted octanol–water partition coefficient (Wildman–Crippen LogP) is 1.05. The molecule has 0 heterocycles. The molecule has 1 aliphatic carbocycles. The Kier molecular flexibility index (Phi) is 4.74. The summed E-state index contributed by atoms with van der Waals surface area (Å²) in [6, 6.07) is 0. The van der Waals surface area contributed by atoms with E-state index < -0.39 is 0 Å². The third-order valence-electron chi connectivity index (χ3n) is 3.58. The number of ether oxygens (including phenoxy) is 1. The van der Waals surface area contributed by atoms with E-state index in [9.17, 15) is 4.79 Å². The van der Waals surface area contributed by atoms with Gasteiger partial charge in [0.05, 0.1) is 17.6 Å². The Hall–Kier alpha value is -0.610. The fourth-order valence-electron chi connectivity index (χ4n) is 1.97. The number of hydrogen-bond acceptors (Lipinski definition) is 3. The molecule has 1 saturated carbocycles. The van der Waals surface area contributed by atoms with Crippen LogP contribution in [0.4, 0.5) is 0 Å². The van der Waals surface area contributed by atoms with Crippen molar-refractivity contribution in [2.24, 2.45) is 11.7 Å². The molecule has 0 aromatic carbocycles. The van der Waals surface area contributed by atoms with Crippen LogP contribution in [0.2, 0.25) is 0 Å². The number of carbonyl (C=O) groups excluding carboxylic acids is 1. The van der Waals surface area contributed by atoms with Gasteiger partial charge in [0.2, 0.25) is 5.91 Å². The lowest BCUT2D eigenvalue weighted by atomic mass is 9.92. The Morgan fingerprint density at radius 3 is 2.50 bits per heavy atom. The van der Waals surface area contributed by atoms with Crippen LogP contribution >= 0.6 is 0 Å². The van der Waals surface area contributed by atoms with Crippen LogP contribution in [0, 0.1) is 5.92 Å². The highest BCUT2D eigenvalue weighted by molar-refractivity contribution is 5.82. The minimum absolute atomic E-state index is 0.0453. The molecule has 1 rings (SSSR count). The first-order chi connectivity index (χ1) is 7.62. The van der Waals surface area contributed by atoms with Gasteiger partial charge in [-0.15, -0.1) is 0 Å². The van der Waals surface area contributed by atoms with E-state index in [2.05, 4.69) is 19.2 Å². The first-order valence-electron chi connectivity index (χ1n) is 6.26. The van der Waals surface area contributed by atoms with Crippen molar-refractivity contribution in [3.8, 4) is 0 Å². The highest BCUT2D eigenvalue weighted by Crippen LogP contribution is 2.34. The molecular weight excluding hydrogens is 204 g/mol. The lowest BCUT2D eigenvalue weighted by Crippen LogP contribution is -2.53. The summed E-state index contributed by atoms with van der Waals surface area (Å²) in [6.07, 6.45) is 2.73. The Labute approximate surface area is 97.9 Å². The average molecular weight is 228 g/mol. The number of nitrogens with two attached hydrogens (primary N) is 1. The molecule has 0 spiro atoms. The molecular formula is C12H24N2O2. The van der Waals surface area contributed by atoms with Crippen LogP contribution < -0.4 is 11.1 Å². The summed E-state index contributed by atoms with van der Waals surface area (Å²) in [5, 5.41) is 3.09. The highest BCUT2D eigenvalue weighted by atomic mass is 16.5. The molecule has 16 heavy (non-hydrogen) atoms. The maximum atomic E-state index is 11.9. The monoisotopic (exact) mass is 228 g/mol. The standard InChI is InChI=1S/C12H24N2O2/c1-4-12(5-2,8-13)14-11(15)9-7-10(9)16-6-3/h9-10H,4-8,13H2,1-3H3,(H,14,15). The molecule has 0 bridgehead atoms. The molecule has 0 aromatic rings. The van der Waals surface area contributed by atoms with E-state index in [1.54, 1.807) is 0 Å². The Morgan fingerprint density at radius 2 is 2.06 bits per heavy atom. The van der Waals surface area contributed by atoms with Crippen molar-refractivity contribution in [3.05, 3.63) is 0 Å². The summed E-state index contributed by atoms with van der Waals surface area (Å²) in [4.78, 5) is 11.9. The zero-order chi connectivity index (χ0) is 12.2. The largest absolute Gasteiger partial charge is 0.378 e. The average Bonchev–Trinajstić information content (AvgIpc) is 3.06. The van der Waals surface area contributed by atoms with E-state index in [0.717, 1.165) is 19.3 Å². The molecule has 0 aliphatic heterocycles. The quantitative estimate of drug-likeness (QED) is 0.684. The van der Waals surface area contributed by atoms with Crippen molar-refractivity contribution in [1.82, 2.24) is 5.32 Å². The summed E-state index contributed by atoms with van der Waals surface area (Å²) in [5.74, 6) is 0.150. The van der Waals surface area contributed by atoms with Gasteiger partial charge < -0.3 is 15.8 Å². The van der Waals surface area contributed by atoms with E-state index in [-0.39, 0.29) is 23.5 Å². The smallest absolute Gasteiger partial charge is 0.226 e. The van der Waals surface area contributed by atoms with Gasteiger partial charge in [0.1, 0.15) is 0 Å². The predicted molar refractivity (Wildman–Crippen MR) is 64.0 cm³/mol. The van der Waals surface area contributed by atoms with Crippen LogP contribution in [-0.4, -0.2) is 30.7 Å². The van der Waals surface area contributed by atoms with Gasteiger partial charge in [-0.05, 0) is 26.2 Å². The highest BCUT2D eigenvalue weighted by Gasteiger charge is 2.45. The molecule has 94 valence electrons. The molecule has 4 nitrogen and oxygen atoms in total. The summed E-state index contributed by atoms with van der Waals surface area (Å²) in [5.41, 5.74) is 5.52. The molecule has 1 amide bonds. The number of amides is 1. The maximum absolute atomic E-state index is 11.9. The molecule has 2 atom stereocenters. The first kappa shape index (κ1) is 13.5. The van der Waals surface area contributed by atoms with Crippen molar-refractivity contribution in [2.45, 2.75) is 51.7 Å². The van der Waals surface area contributed by atoms with E-state index in [1.807, 2.05) is 6.92 Å². The molecule has 2 unspecified atom stereocenters. The summed E-state index contributed by atoms with van der Waals surface area (Å²) in [6.45, 7) is 7.25. The topological polar surface area (TPSA) is 64.3 Å².